The van der Waals surface area contributed by atoms with E-state index < -0.39 is 92.3 Å². The van der Waals surface area contributed by atoms with Crippen molar-refractivity contribution in [2.45, 2.75) is 37.1 Å². The van der Waals surface area contributed by atoms with E-state index in [0.29, 0.717) is 60.7 Å². The Morgan fingerprint density at radius 2 is 0.686 bits per heavy atom. The molecule has 358 valence electrons. The molecule has 21 heteroatoms. The molecule has 0 amide bonds. The number of benzene rings is 7. The molecule has 0 saturated carbocycles. The Morgan fingerprint density at radius 3 is 1.04 bits per heavy atom. The summed E-state index contributed by atoms with van der Waals surface area (Å²) < 4.78 is 258. The van der Waals surface area contributed by atoms with E-state index in [9.17, 15) is 84.3 Å². The fourth-order valence-electron chi connectivity index (χ4n) is 8.56. The highest BCUT2D eigenvalue weighted by Gasteiger charge is 2.39. The lowest BCUT2D eigenvalue weighted by molar-refractivity contribution is -0.143. The minimum Gasteiger partial charge on any atom is -0.309 e. The molecule has 0 N–H and O–H groups in total. The van der Waals surface area contributed by atoms with E-state index in [2.05, 4.69) is 0 Å². The summed E-state index contributed by atoms with van der Waals surface area (Å²) in [5.41, 5.74) is -12.0. The first-order chi connectivity index (χ1) is 32.4. The normalized spacial score (nSPS) is 13.3. The summed E-state index contributed by atoms with van der Waals surface area (Å²) in [6, 6.07) is 17.4. The van der Waals surface area contributed by atoms with Gasteiger partial charge < -0.3 is 9.13 Å². The first-order valence-electron chi connectivity index (χ1n) is 19.9. The van der Waals surface area contributed by atoms with Crippen molar-refractivity contribution in [3.8, 4) is 39.7 Å². The average Bonchev–Trinajstić information content (AvgIpc) is 3.78. The summed E-state index contributed by atoms with van der Waals surface area (Å²) in [6.45, 7) is 0. The molecule has 0 aliphatic rings. The number of fused-ring (bicyclic) bond motifs is 6. The third kappa shape index (κ3) is 8.27. The van der Waals surface area contributed by atoms with Crippen molar-refractivity contribution < 1.29 is 79.0 Å². The lowest BCUT2D eigenvalue weighted by Gasteiger charge is -2.21. The molecule has 0 saturated heterocycles. The zero-order valence-electron chi connectivity index (χ0n) is 34.3. The van der Waals surface area contributed by atoms with E-state index in [1.807, 2.05) is 6.07 Å². The van der Waals surface area contributed by atoms with Crippen LogP contribution < -0.4 is 0 Å². The van der Waals surface area contributed by atoms with Crippen LogP contribution >= 0.6 is 0 Å². The van der Waals surface area contributed by atoms with Gasteiger partial charge in [-0.05, 0) is 138 Å². The third-order valence-electron chi connectivity index (χ3n) is 11.7. The Morgan fingerprint density at radius 1 is 0.314 bits per heavy atom. The Bertz CT molecular complexity index is 3470. The first kappa shape index (κ1) is 47.4. The highest BCUT2D eigenvalue weighted by atomic mass is 19.4. The van der Waals surface area contributed by atoms with E-state index in [1.54, 1.807) is 0 Å². The van der Waals surface area contributed by atoms with E-state index in [1.165, 1.54) is 6.07 Å². The van der Waals surface area contributed by atoms with Gasteiger partial charge >= 0.3 is 37.1 Å². The van der Waals surface area contributed by atoms with Gasteiger partial charge in [0, 0.05) is 32.8 Å². The Labute approximate surface area is 379 Å². The van der Waals surface area contributed by atoms with Gasteiger partial charge in [-0.3, -0.25) is 0 Å². The standard InChI is InChI=1S/C49H21F18N3/c50-44(51,52)25-2-9-39-35(17-25)36-18-26(45(53,54)55)3-10-40(36)69(39)31-6-7-32(24-14-29(48(62,63)64)16-30(15-24)49(65,66)67)33(21-31)34-13-23(22-68)1-8-41(34)70-42-11-4-27(46(56,57)58)19-37(42)38-20-28(47(59,60)61)5-12-43(38)70/h1-21H. The fourth-order valence-corrected chi connectivity index (χ4v) is 8.56. The molecule has 9 rings (SSSR count). The van der Waals surface area contributed by atoms with Crippen LogP contribution in [0.4, 0.5) is 79.0 Å². The molecule has 70 heavy (non-hydrogen) atoms. The summed E-state index contributed by atoms with van der Waals surface area (Å²) >= 11 is 0. The molecule has 3 nitrogen and oxygen atoms in total. The summed E-state index contributed by atoms with van der Waals surface area (Å²) in [6.07, 6.45) is -30.8. The van der Waals surface area contributed by atoms with Crippen molar-refractivity contribution in [2.24, 2.45) is 0 Å². The highest BCUT2D eigenvalue weighted by molar-refractivity contribution is 6.12. The Kier molecular flexibility index (Phi) is 10.6. The zero-order valence-corrected chi connectivity index (χ0v) is 34.3. The van der Waals surface area contributed by atoms with Crippen molar-refractivity contribution in [1.82, 2.24) is 9.13 Å². The van der Waals surface area contributed by atoms with Crippen molar-refractivity contribution in [3.63, 3.8) is 0 Å². The van der Waals surface area contributed by atoms with Gasteiger partial charge in [0.2, 0.25) is 0 Å². The van der Waals surface area contributed by atoms with Gasteiger partial charge in [0.1, 0.15) is 0 Å². The second-order valence-electron chi connectivity index (χ2n) is 16.0. The van der Waals surface area contributed by atoms with Crippen LogP contribution in [0.15, 0.2) is 127 Å². The second kappa shape index (κ2) is 15.7. The van der Waals surface area contributed by atoms with Gasteiger partial charge in [0.15, 0.2) is 0 Å². The quantitative estimate of drug-likeness (QED) is 0.162. The lowest BCUT2D eigenvalue weighted by atomic mass is 9.90. The maximum Gasteiger partial charge on any atom is 0.416 e. The minimum absolute atomic E-state index is 0.162. The minimum atomic E-state index is -5.40. The molecular formula is C49H21F18N3. The van der Waals surface area contributed by atoms with Crippen LogP contribution in [-0.4, -0.2) is 9.13 Å². The molecule has 0 atom stereocenters. The molecule has 2 heterocycles. The molecule has 7 aromatic carbocycles. The van der Waals surface area contributed by atoms with Crippen molar-refractivity contribution >= 4 is 43.6 Å². The van der Waals surface area contributed by atoms with Crippen LogP contribution in [0.1, 0.15) is 38.9 Å². The van der Waals surface area contributed by atoms with Gasteiger partial charge in [-0.1, -0.05) is 6.07 Å². The van der Waals surface area contributed by atoms with Gasteiger partial charge in [-0.25, -0.2) is 0 Å². The summed E-state index contributed by atoms with van der Waals surface area (Å²) in [5, 5.41) is 8.61. The van der Waals surface area contributed by atoms with Crippen LogP contribution in [0.5, 0.6) is 0 Å². The van der Waals surface area contributed by atoms with Gasteiger partial charge in [0.25, 0.3) is 0 Å². The predicted molar refractivity (Wildman–Crippen MR) is 221 cm³/mol. The number of halogens is 18. The Hall–Kier alpha value is -7.63. The molecule has 0 bridgehead atoms. The number of aromatic nitrogens is 2. The molecular weight excluding hydrogens is 973 g/mol. The van der Waals surface area contributed by atoms with Crippen molar-refractivity contribution in [2.75, 3.05) is 0 Å². The number of rotatable bonds is 4. The van der Waals surface area contributed by atoms with E-state index in [-0.39, 0.29) is 67.0 Å². The van der Waals surface area contributed by atoms with Crippen molar-refractivity contribution in [3.05, 3.63) is 166 Å². The van der Waals surface area contributed by atoms with Crippen LogP contribution in [0.3, 0.4) is 0 Å². The molecule has 2 aromatic heterocycles. The molecule has 0 aliphatic carbocycles. The van der Waals surface area contributed by atoms with E-state index in [0.717, 1.165) is 63.7 Å². The maximum atomic E-state index is 14.4. The summed E-state index contributed by atoms with van der Waals surface area (Å²) in [4.78, 5) is 0. The highest BCUT2D eigenvalue weighted by Crippen LogP contribution is 2.47. The Balaban J connectivity index is 1.43. The maximum absolute atomic E-state index is 14.4. The largest absolute Gasteiger partial charge is 0.416 e. The zero-order chi connectivity index (χ0) is 50.8. The summed E-state index contributed by atoms with van der Waals surface area (Å²) in [7, 11) is 0. The SMILES string of the molecule is N#Cc1ccc(-n2c3ccc(C(F)(F)F)cc3c3cc(C(F)(F)F)ccc32)c(-c2cc(-n3c4ccc(C(F)(F)F)cc4c4cc(C(F)(F)F)ccc43)ccc2-c2cc(C(F)(F)F)cc(C(F)(F)F)c2)c1. The first-order valence-corrected chi connectivity index (χ1v) is 19.9. The lowest BCUT2D eigenvalue weighted by Crippen LogP contribution is -2.11. The van der Waals surface area contributed by atoms with Crippen LogP contribution in [-0.2, 0) is 37.1 Å². The number of alkyl halides is 18. The number of hydrogen-bond donors (Lipinski definition) is 0. The van der Waals surface area contributed by atoms with Crippen LogP contribution in [0.25, 0.3) is 77.2 Å². The molecule has 9 aromatic rings. The number of nitriles is 1. The second-order valence-corrected chi connectivity index (χ2v) is 16.0. The monoisotopic (exact) mass is 993 g/mol. The summed E-state index contributed by atoms with van der Waals surface area (Å²) in [5.74, 6) is 0. The number of nitrogens with zero attached hydrogens (tertiary/aromatic N) is 3. The van der Waals surface area contributed by atoms with Gasteiger partial charge in [-0.2, -0.15) is 84.3 Å². The molecule has 0 unspecified atom stereocenters. The average molecular weight is 994 g/mol. The predicted octanol–water partition coefficient (Wildman–Crippen LogP) is 17.2. The third-order valence-corrected chi connectivity index (χ3v) is 11.7. The van der Waals surface area contributed by atoms with E-state index >= 15 is 0 Å². The fraction of sp³-hybridized carbons (Fsp3) is 0.122. The number of hydrogen-bond acceptors (Lipinski definition) is 1. The van der Waals surface area contributed by atoms with Crippen LogP contribution in [0.2, 0.25) is 0 Å². The smallest absolute Gasteiger partial charge is 0.309 e. The molecule has 0 spiro atoms. The van der Waals surface area contributed by atoms with Crippen LogP contribution in [0, 0.1) is 11.3 Å². The molecule has 0 fully saturated rings. The van der Waals surface area contributed by atoms with Gasteiger partial charge in [-0.15, -0.1) is 0 Å². The molecule has 0 aliphatic heterocycles. The topological polar surface area (TPSA) is 33.6 Å². The molecule has 0 radical (unpaired) electrons. The van der Waals surface area contributed by atoms with Crippen molar-refractivity contribution in [1.29, 1.82) is 5.26 Å². The van der Waals surface area contributed by atoms with E-state index in [4.69, 9.17) is 0 Å². The van der Waals surface area contributed by atoms with Gasteiger partial charge in [0.05, 0.1) is 72.8 Å².